The highest BCUT2D eigenvalue weighted by Gasteiger charge is 2.08. The molecule has 0 heterocycles. The van der Waals surface area contributed by atoms with E-state index in [-0.39, 0.29) is 6.04 Å². The summed E-state index contributed by atoms with van der Waals surface area (Å²) in [5, 5.41) is 0. The summed E-state index contributed by atoms with van der Waals surface area (Å²) < 4.78 is 10.9. The Morgan fingerprint density at radius 3 is 2.65 bits per heavy atom. The number of rotatable bonds is 7. The third-order valence-corrected chi connectivity index (χ3v) is 2.74. The first kappa shape index (κ1) is 13.8. The highest BCUT2D eigenvalue weighted by Crippen LogP contribution is 2.26. The maximum Gasteiger partial charge on any atom is 0.125 e. The van der Waals surface area contributed by atoms with Gasteiger partial charge in [0.25, 0.3) is 0 Å². The van der Waals surface area contributed by atoms with Gasteiger partial charge in [-0.1, -0.05) is 19.9 Å². The molecule has 1 atom stereocenters. The van der Waals surface area contributed by atoms with E-state index in [1.54, 1.807) is 7.11 Å². The molecule has 0 spiro atoms. The molecule has 0 radical (unpaired) electrons. The fraction of sp³-hybridized carbons (Fsp3) is 0.571. The van der Waals surface area contributed by atoms with Crippen molar-refractivity contribution in [1.29, 1.82) is 0 Å². The molecule has 0 aliphatic heterocycles. The monoisotopic (exact) mass is 237 g/mol. The van der Waals surface area contributed by atoms with Gasteiger partial charge in [0.05, 0.1) is 13.7 Å². The van der Waals surface area contributed by atoms with E-state index in [2.05, 4.69) is 13.8 Å². The van der Waals surface area contributed by atoms with Crippen molar-refractivity contribution in [1.82, 2.24) is 0 Å². The Morgan fingerprint density at radius 2 is 2.06 bits per heavy atom. The van der Waals surface area contributed by atoms with Crippen LogP contribution in [-0.2, 0) is 6.42 Å². The Balaban J connectivity index is 2.77. The second-order valence-electron chi connectivity index (χ2n) is 4.19. The van der Waals surface area contributed by atoms with Gasteiger partial charge >= 0.3 is 0 Å². The Kier molecular flexibility index (Phi) is 5.84. The summed E-state index contributed by atoms with van der Waals surface area (Å²) in [6.07, 6.45) is 2.82. The molecular weight excluding hydrogens is 214 g/mol. The molecule has 17 heavy (non-hydrogen) atoms. The van der Waals surface area contributed by atoms with Crippen molar-refractivity contribution in [2.24, 2.45) is 5.73 Å². The van der Waals surface area contributed by atoms with Crippen LogP contribution in [0.4, 0.5) is 0 Å². The number of methoxy groups -OCH3 is 1. The van der Waals surface area contributed by atoms with Crippen molar-refractivity contribution in [3.63, 3.8) is 0 Å². The van der Waals surface area contributed by atoms with E-state index in [1.807, 2.05) is 18.2 Å². The largest absolute Gasteiger partial charge is 0.496 e. The van der Waals surface area contributed by atoms with E-state index >= 15 is 0 Å². The van der Waals surface area contributed by atoms with Crippen LogP contribution >= 0.6 is 0 Å². The van der Waals surface area contributed by atoms with Crippen LogP contribution in [0.2, 0.25) is 0 Å². The van der Waals surface area contributed by atoms with Gasteiger partial charge in [-0.3, -0.25) is 0 Å². The molecule has 0 bridgehead atoms. The average molecular weight is 237 g/mol. The minimum Gasteiger partial charge on any atom is -0.496 e. The number of benzene rings is 1. The lowest BCUT2D eigenvalue weighted by atomic mass is 10.0. The number of ether oxygens (including phenoxy) is 2. The van der Waals surface area contributed by atoms with Crippen LogP contribution in [0.25, 0.3) is 0 Å². The molecule has 0 aromatic heterocycles. The maximum atomic E-state index is 5.96. The smallest absolute Gasteiger partial charge is 0.125 e. The first-order valence-electron chi connectivity index (χ1n) is 6.26. The Hall–Kier alpha value is -1.22. The summed E-state index contributed by atoms with van der Waals surface area (Å²) >= 11 is 0. The first-order chi connectivity index (χ1) is 8.21. The summed E-state index contributed by atoms with van der Waals surface area (Å²) in [5.74, 6) is 1.72. The van der Waals surface area contributed by atoms with Crippen molar-refractivity contribution in [2.45, 2.75) is 39.2 Å². The molecule has 96 valence electrons. The molecule has 0 fully saturated rings. The van der Waals surface area contributed by atoms with Crippen LogP contribution in [0.1, 0.15) is 32.3 Å². The zero-order chi connectivity index (χ0) is 12.7. The maximum absolute atomic E-state index is 5.96. The zero-order valence-corrected chi connectivity index (χ0v) is 11.0. The quantitative estimate of drug-likeness (QED) is 0.793. The van der Waals surface area contributed by atoms with E-state index in [0.717, 1.165) is 42.9 Å². The molecule has 1 unspecified atom stereocenters. The van der Waals surface area contributed by atoms with Crippen LogP contribution in [-0.4, -0.2) is 19.8 Å². The number of hydrogen-bond donors (Lipinski definition) is 1. The molecule has 0 aliphatic carbocycles. The molecule has 3 heteroatoms. The van der Waals surface area contributed by atoms with Crippen LogP contribution in [0, 0.1) is 0 Å². The minimum atomic E-state index is 0.186. The molecule has 2 N–H and O–H groups in total. The predicted molar refractivity (Wildman–Crippen MR) is 70.8 cm³/mol. The van der Waals surface area contributed by atoms with Crippen molar-refractivity contribution in [2.75, 3.05) is 13.7 Å². The molecule has 0 saturated carbocycles. The third kappa shape index (κ3) is 4.27. The zero-order valence-electron chi connectivity index (χ0n) is 11.0. The van der Waals surface area contributed by atoms with Crippen molar-refractivity contribution in [3.05, 3.63) is 23.8 Å². The Bertz CT molecular complexity index is 339. The molecule has 0 amide bonds. The highest BCUT2D eigenvalue weighted by molar-refractivity contribution is 5.41. The molecule has 1 rings (SSSR count). The van der Waals surface area contributed by atoms with Gasteiger partial charge in [0.15, 0.2) is 0 Å². The average Bonchev–Trinajstić information content (AvgIpc) is 2.37. The van der Waals surface area contributed by atoms with Gasteiger partial charge in [-0.05, 0) is 30.9 Å². The van der Waals surface area contributed by atoms with Gasteiger partial charge < -0.3 is 15.2 Å². The minimum absolute atomic E-state index is 0.186. The van der Waals surface area contributed by atoms with Crippen LogP contribution in [0.5, 0.6) is 11.5 Å². The van der Waals surface area contributed by atoms with Crippen LogP contribution in [0.15, 0.2) is 18.2 Å². The molecule has 1 aromatic carbocycles. The summed E-state index contributed by atoms with van der Waals surface area (Å²) in [6.45, 7) is 4.92. The van der Waals surface area contributed by atoms with Crippen molar-refractivity contribution < 1.29 is 9.47 Å². The van der Waals surface area contributed by atoms with Gasteiger partial charge in [-0.15, -0.1) is 0 Å². The summed E-state index contributed by atoms with van der Waals surface area (Å²) in [7, 11) is 1.68. The van der Waals surface area contributed by atoms with E-state index in [9.17, 15) is 0 Å². The molecular formula is C14H23NO2. The topological polar surface area (TPSA) is 44.5 Å². The van der Waals surface area contributed by atoms with Crippen molar-refractivity contribution >= 4 is 0 Å². The molecule has 3 nitrogen and oxygen atoms in total. The second-order valence-corrected chi connectivity index (χ2v) is 4.19. The van der Waals surface area contributed by atoms with Gasteiger partial charge in [0.1, 0.15) is 11.5 Å². The molecule has 0 saturated heterocycles. The lowest BCUT2D eigenvalue weighted by Gasteiger charge is -2.14. The predicted octanol–water partition coefficient (Wildman–Crippen LogP) is 2.76. The Morgan fingerprint density at radius 1 is 1.29 bits per heavy atom. The lowest BCUT2D eigenvalue weighted by Crippen LogP contribution is -2.21. The summed E-state index contributed by atoms with van der Waals surface area (Å²) in [5.41, 5.74) is 7.10. The van der Waals surface area contributed by atoms with Crippen LogP contribution < -0.4 is 15.2 Å². The normalized spacial score (nSPS) is 12.2. The van der Waals surface area contributed by atoms with E-state index in [1.165, 1.54) is 0 Å². The van der Waals surface area contributed by atoms with E-state index < -0.39 is 0 Å². The summed E-state index contributed by atoms with van der Waals surface area (Å²) in [6, 6.07) is 6.15. The Labute approximate surface area is 104 Å². The van der Waals surface area contributed by atoms with Gasteiger partial charge in [-0.25, -0.2) is 0 Å². The standard InChI is InChI=1S/C14H23NO2/c1-4-8-17-13-7-6-11(9-12(15)5-2)14(10-13)16-3/h6-7,10,12H,4-5,8-9,15H2,1-3H3. The molecule has 0 aliphatic rings. The fourth-order valence-electron chi connectivity index (χ4n) is 1.63. The van der Waals surface area contributed by atoms with Gasteiger partial charge in [-0.2, -0.15) is 0 Å². The number of hydrogen-bond acceptors (Lipinski definition) is 3. The summed E-state index contributed by atoms with van der Waals surface area (Å²) in [4.78, 5) is 0. The van der Waals surface area contributed by atoms with Gasteiger partial charge in [0.2, 0.25) is 0 Å². The lowest BCUT2D eigenvalue weighted by molar-refractivity contribution is 0.314. The van der Waals surface area contributed by atoms with E-state index in [4.69, 9.17) is 15.2 Å². The highest BCUT2D eigenvalue weighted by atomic mass is 16.5. The van der Waals surface area contributed by atoms with Crippen LogP contribution in [0.3, 0.4) is 0 Å². The SMILES string of the molecule is CCCOc1ccc(CC(N)CC)c(OC)c1. The van der Waals surface area contributed by atoms with Crippen molar-refractivity contribution in [3.8, 4) is 11.5 Å². The first-order valence-corrected chi connectivity index (χ1v) is 6.26. The third-order valence-electron chi connectivity index (χ3n) is 2.74. The fourth-order valence-corrected chi connectivity index (χ4v) is 1.63. The number of nitrogens with two attached hydrogens (primary N) is 1. The van der Waals surface area contributed by atoms with E-state index in [0.29, 0.717) is 0 Å². The second kappa shape index (κ2) is 7.17. The van der Waals surface area contributed by atoms with Gasteiger partial charge in [0, 0.05) is 12.1 Å². The molecule has 1 aromatic rings.